The quantitative estimate of drug-likeness (QED) is 0.747. The summed E-state index contributed by atoms with van der Waals surface area (Å²) in [6.07, 6.45) is 1.35. The summed E-state index contributed by atoms with van der Waals surface area (Å²) in [6.45, 7) is 5.97. The lowest BCUT2D eigenvalue weighted by atomic mass is 9.94. The molecule has 160 valence electrons. The van der Waals surface area contributed by atoms with Crippen LogP contribution in [0.25, 0.3) is 0 Å². The Morgan fingerprint density at radius 1 is 1.07 bits per heavy atom. The molecule has 8 heteroatoms. The first kappa shape index (κ1) is 20.9. The van der Waals surface area contributed by atoms with Crippen LogP contribution in [-0.2, 0) is 16.1 Å². The molecule has 2 aromatic rings. The summed E-state index contributed by atoms with van der Waals surface area (Å²) in [5.74, 6) is 0.0638. The highest BCUT2D eigenvalue weighted by Gasteiger charge is 2.33. The highest BCUT2D eigenvalue weighted by molar-refractivity contribution is 6.33. The molecule has 4 rings (SSSR count). The van der Waals surface area contributed by atoms with Crippen LogP contribution in [0.2, 0.25) is 5.15 Å². The van der Waals surface area contributed by atoms with Gasteiger partial charge in [-0.3, -0.25) is 9.59 Å². The van der Waals surface area contributed by atoms with Crippen LogP contribution >= 0.6 is 11.6 Å². The predicted octanol–water partition coefficient (Wildman–Crippen LogP) is 2.60. The molecular formula is C22H27ClN4O3. The third kappa shape index (κ3) is 4.37. The van der Waals surface area contributed by atoms with Gasteiger partial charge in [0, 0.05) is 32.1 Å². The fourth-order valence-corrected chi connectivity index (χ4v) is 4.50. The third-order valence-corrected chi connectivity index (χ3v) is 6.29. The van der Waals surface area contributed by atoms with Crippen LogP contribution in [0.15, 0.2) is 30.3 Å². The Bertz CT molecular complexity index is 901. The molecule has 2 saturated heterocycles. The molecule has 0 aliphatic carbocycles. The van der Waals surface area contributed by atoms with Gasteiger partial charge in [0.25, 0.3) is 5.91 Å². The van der Waals surface area contributed by atoms with Gasteiger partial charge in [0.2, 0.25) is 5.91 Å². The Balaban J connectivity index is 1.40. The fourth-order valence-electron chi connectivity index (χ4n) is 4.19. The summed E-state index contributed by atoms with van der Waals surface area (Å²) >= 11 is 6.55. The molecule has 7 nitrogen and oxygen atoms in total. The normalized spacial score (nSPS) is 17.9. The van der Waals surface area contributed by atoms with E-state index in [0.29, 0.717) is 75.2 Å². The molecule has 0 N–H and O–H groups in total. The van der Waals surface area contributed by atoms with Gasteiger partial charge in [-0.1, -0.05) is 41.9 Å². The molecule has 2 amide bonds. The molecular weight excluding hydrogens is 404 g/mol. The van der Waals surface area contributed by atoms with Crippen LogP contribution in [0.3, 0.4) is 0 Å². The summed E-state index contributed by atoms with van der Waals surface area (Å²) in [4.78, 5) is 29.6. The van der Waals surface area contributed by atoms with Crippen molar-refractivity contribution in [2.24, 2.45) is 5.92 Å². The fraction of sp³-hybridized carbons (Fsp3) is 0.500. The van der Waals surface area contributed by atoms with E-state index in [1.165, 1.54) is 0 Å². The van der Waals surface area contributed by atoms with E-state index >= 15 is 0 Å². The zero-order chi connectivity index (χ0) is 21.1. The maximum Gasteiger partial charge on any atom is 0.258 e. The van der Waals surface area contributed by atoms with Gasteiger partial charge in [0.1, 0.15) is 5.15 Å². The number of morpholine rings is 1. The van der Waals surface area contributed by atoms with Crippen molar-refractivity contribution in [3.63, 3.8) is 0 Å². The van der Waals surface area contributed by atoms with E-state index in [1.54, 1.807) is 9.58 Å². The van der Waals surface area contributed by atoms with E-state index in [-0.39, 0.29) is 17.7 Å². The average molecular weight is 431 g/mol. The van der Waals surface area contributed by atoms with Crippen molar-refractivity contribution in [3.05, 3.63) is 52.3 Å². The molecule has 0 bridgehead atoms. The van der Waals surface area contributed by atoms with Crippen LogP contribution in [0.4, 0.5) is 0 Å². The van der Waals surface area contributed by atoms with E-state index in [0.717, 1.165) is 5.56 Å². The van der Waals surface area contributed by atoms with Crippen molar-refractivity contribution in [3.8, 4) is 0 Å². The van der Waals surface area contributed by atoms with E-state index in [1.807, 2.05) is 42.2 Å². The topological polar surface area (TPSA) is 67.7 Å². The summed E-state index contributed by atoms with van der Waals surface area (Å²) in [6, 6.07) is 9.90. The van der Waals surface area contributed by atoms with Crippen molar-refractivity contribution < 1.29 is 14.3 Å². The Labute approximate surface area is 181 Å². The number of amides is 2. The van der Waals surface area contributed by atoms with Crippen molar-refractivity contribution in [1.82, 2.24) is 19.6 Å². The smallest absolute Gasteiger partial charge is 0.258 e. The molecule has 2 aliphatic heterocycles. The Morgan fingerprint density at radius 3 is 2.40 bits per heavy atom. The van der Waals surface area contributed by atoms with Crippen molar-refractivity contribution in [1.29, 1.82) is 0 Å². The van der Waals surface area contributed by atoms with Gasteiger partial charge in [-0.05, 0) is 25.3 Å². The lowest BCUT2D eigenvalue weighted by Crippen LogP contribution is -2.47. The van der Waals surface area contributed by atoms with Crippen LogP contribution < -0.4 is 0 Å². The maximum absolute atomic E-state index is 13.2. The molecule has 0 unspecified atom stereocenters. The molecule has 2 fully saturated rings. The van der Waals surface area contributed by atoms with Crippen molar-refractivity contribution in [2.75, 3.05) is 39.4 Å². The third-order valence-electron chi connectivity index (χ3n) is 5.91. The van der Waals surface area contributed by atoms with Gasteiger partial charge in [0.15, 0.2) is 0 Å². The number of aromatic nitrogens is 2. The van der Waals surface area contributed by atoms with Crippen LogP contribution in [0.5, 0.6) is 0 Å². The number of rotatable bonds is 4. The number of likely N-dealkylation sites (tertiary alicyclic amines) is 1. The molecule has 30 heavy (non-hydrogen) atoms. The summed E-state index contributed by atoms with van der Waals surface area (Å²) in [5.41, 5.74) is 2.17. The van der Waals surface area contributed by atoms with Gasteiger partial charge < -0.3 is 14.5 Å². The number of aryl methyl sites for hydroxylation is 1. The van der Waals surface area contributed by atoms with Gasteiger partial charge >= 0.3 is 0 Å². The highest BCUT2D eigenvalue weighted by Crippen LogP contribution is 2.26. The second-order valence-corrected chi connectivity index (χ2v) is 8.26. The van der Waals surface area contributed by atoms with Crippen LogP contribution in [0, 0.1) is 12.8 Å². The van der Waals surface area contributed by atoms with E-state index in [4.69, 9.17) is 16.3 Å². The van der Waals surface area contributed by atoms with Crippen molar-refractivity contribution in [2.45, 2.75) is 26.3 Å². The standard InChI is InChI=1S/C22H27ClN4O3/c1-16-19(20(23)27(24-16)15-17-5-3-2-4-6-17)22(29)25-9-7-18(8-10-25)21(28)26-11-13-30-14-12-26/h2-6,18H,7-15H2,1H3. The molecule has 3 heterocycles. The number of ether oxygens (including phenoxy) is 1. The average Bonchev–Trinajstić information content (AvgIpc) is 3.07. The van der Waals surface area contributed by atoms with Gasteiger partial charge in [-0.2, -0.15) is 5.10 Å². The lowest BCUT2D eigenvalue weighted by Gasteiger charge is -2.35. The van der Waals surface area contributed by atoms with E-state index in [9.17, 15) is 9.59 Å². The minimum absolute atomic E-state index is 0.0236. The summed E-state index contributed by atoms with van der Waals surface area (Å²) in [7, 11) is 0. The van der Waals surface area contributed by atoms with Crippen LogP contribution in [0.1, 0.15) is 34.5 Å². The first-order chi connectivity index (χ1) is 14.5. The number of halogens is 1. The molecule has 1 aromatic heterocycles. The number of nitrogens with zero attached hydrogens (tertiary/aromatic N) is 4. The molecule has 1 aromatic carbocycles. The van der Waals surface area contributed by atoms with E-state index < -0.39 is 0 Å². The Morgan fingerprint density at radius 2 is 1.73 bits per heavy atom. The first-order valence-electron chi connectivity index (χ1n) is 10.5. The minimum atomic E-state index is -0.103. The Hall–Kier alpha value is -2.38. The molecule has 0 atom stereocenters. The van der Waals surface area contributed by atoms with Crippen LogP contribution in [-0.4, -0.2) is 70.8 Å². The zero-order valence-corrected chi connectivity index (χ0v) is 18.0. The summed E-state index contributed by atoms with van der Waals surface area (Å²) < 4.78 is 7.00. The summed E-state index contributed by atoms with van der Waals surface area (Å²) in [5, 5.41) is 4.86. The second kappa shape index (κ2) is 9.18. The number of hydrogen-bond acceptors (Lipinski definition) is 4. The van der Waals surface area contributed by atoms with Gasteiger partial charge in [-0.15, -0.1) is 0 Å². The Kier molecular flexibility index (Phi) is 6.39. The minimum Gasteiger partial charge on any atom is -0.378 e. The number of carbonyl (C=O) groups is 2. The predicted molar refractivity (Wildman–Crippen MR) is 114 cm³/mol. The number of carbonyl (C=O) groups excluding carboxylic acids is 2. The number of benzene rings is 1. The zero-order valence-electron chi connectivity index (χ0n) is 17.2. The first-order valence-corrected chi connectivity index (χ1v) is 10.8. The molecule has 0 radical (unpaired) electrons. The highest BCUT2D eigenvalue weighted by atomic mass is 35.5. The number of piperidine rings is 1. The maximum atomic E-state index is 13.2. The SMILES string of the molecule is Cc1nn(Cc2ccccc2)c(Cl)c1C(=O)N1CCC(C(=O)N2CCOCC2)CC1. The van der Waals surface area contributed by atoms with Gasteiger partial charge in [0.05, 0.1) is 31.0 Å². The van der Waals surface area contributed by atoms with E-state index in [2.05, 4.69) is 5.10 Å². The number of hydrogen-bond donors (Lipinski definition) is 0. The second-order valence-electron chi connectivity index (χ2n) is 7.90. The monoisotopic (exact) mass is 430 g/mol. The largest absolute Gasteiger partial charge is 0.378 e. The van der Waals surface area contributed by atoms with Crippen molar-refractivity contribution >= 4 is 23.4 Å². The van der Waals surface area contributed by atoms with Gasteiger partial charge in [-0.25, -0.2) is 4.68 Å². The molecule has 0 spiro atoms. The lowest BCUT2D eigenvalue weighted by molar-refractivity contribution is -0.141. The molecule has 0 saturated carbocycles. The molecule has 2 aliphatic rings.